The Kier molecular flexibility index (Phi) is 4.90. The van der Waals surface area contributed by atoms with E-state index in [4.69, 9.17) is 4.42 Å². The van der Waals surface area contributed by atoms with Crippen LogP contribution < -0.4 is 0 Å². The molecule has 7 aromatic carbocycles. The van der Waals surface area contributed by atoms with E-state index in [9.17, 15) is 0 Å². The van der Waals surface area contributed by atoms with E-state index < -0.39 is 0 Å². The summed E-state index contributed by atoms with van der Waals surface area (Å²) in [6.45, 7) is 0. The number of nitrogens with zero attached hydrogens (tertiary/aromatic N) is 1. The second-order valence-electron chi connectivity index (χ2n) is 12.0. The molecular formula is C42H23NOS2. The number of hydrogen-bond donors (Lipinski definition) is 0. The minimum absolute atomic E-state index is 0.904. The lowest BCUT2D eigenvalue weighted by Crippen LogP contribution is -1.93. The fourth-order valence-electron chi connectivity index (χ4n) is 7.65. The van der Waals surface area contributed by atoms with Crippen molar-refractivity contribution in [3.05, 3.63) is 140 Å². The summed E-state index contributed by atoms with van der Waals surface area (Å²) in [5.74, 6) is 0. The zero-order valence-electron chi connectivity index (χ0n) is 24.5. The largest absolute Gasteiger partial charge is 0.455 e. The average Bonchev–Trinajstić information content (AvgIpc) is 3.86. The third-order valence-corrected chi connectivity index (χ3v) is 12.0. The van der Waals surface area contributed by atoms with E-state index in [0.29, 0.717) is 0 Å². The number of benzene rings is 7. The summed E-state index contributed by atoms with van der Waals surface area (Å²) in [6.07, 6.45) is 0. The number of fused-ring (bicyclic) bond motifs is 13. The quantitative estimate of drug-likeness (QED) is 0.188. The molecule has 0 atom stereocenters. The van der Waals surface area contributed by atoms with Gasteiger partial charge in [0.15, 0.2) is 0 Å². The Morgan fingerprint density at radius 3 is 2.07 bits per heavy atom. The molecule has 0 N–H and O–H groups in total. The van der Waals surface area contributed by atoms with Gasteiger partial charge in [0.05, 0.1) is 11.0 Å². The molecule has 214 valence electrons. The van der Waals surface area contributed by atoms with Crippen molar-refractivity contribution in [3.8, 4) is 16.8 Å². The molecule has 0 spiro atoms. The summed E-state index contributed by atoms with van der Waals surface area (Å²) in [7, 11) is 0. The second kappa shape index (κ2) is 9.07. The van der Waals surface area contributed by atoms with Gasteiger partial charge in [0.2, 0.25) is 0 Å². The lowest BCUT2D eigenvalue weighted by atomic mass is 9.97. The average molecular weight is 622 g/mol. The van der Waals surface area contributed by atoms with Gasteiger partial charge < -0.3 is 8.98 Å². The van der Waals surface area contributed by atoms with E-state index in [-0.39, 0.29) is 0 Å². The van der Waals surface area contributed by atoms with Crippen LogP contribution in [-0.4, -0.2) is 4.57 Å². The van der Waals surface area contributed by atoms with Gasteiger partial charge in [-0.05, 0) is 54.1 Å². The van der Waals surface area contributed by atoms with Gasteiger partial charge >= 0.3 is 0 Å². The zero-order chi connectivity index (χ0) is 29.9. The van der Waals surface area contributed by atoms with Crippen molar-refractivity contribution < 1.29 is 4.42 Å². The van der Waals surface area contributed by atoms with Crippen LogP contribution in [0.1, 0.15) is 0 Å². The highest BCUT2D eigenvalue weighted by Gasteiger charge is 2.20. The first kappa shape index (κ1) is 24.8. The Hall–Kier alpha value is -5.42. The molecule has 0 saturated heterocycles. The summed E-state index contributed by atoms with van der Waals surface area (Å²) in [6, 6.07) is 50.8. The van der Waals surface area contributed by atoms with E-state index in [1.165, 1.54) is 67.7 Å². The van der Waals surface area contributed by atoms with Crippen molar-refractivity contribution in [2.24, 2.45) is 0 Å². The molecule has 0 bridgehead atoms. The van der Waals surface area contributed by atoms with E-state index in [0.717, 1.165) is 33.2 Å². The first-order valence-electron chi connectivity index (χ1n) is 15.5. The van der Waals surface area contributed by atoms with Crippen molar-refractivity contribution in [3.63, 3.8) is 0 Å². The molecular weight excluding hydrogens is 599 g/mol. The van der Waals surface area contributed by atoms with Crippen molar-refractivity contribution in [2.45, 2.75) is 0 Å². The number of para-hydroxylation sites is 2. The fourth-order valence-corrected chi connectivity index (χ4v) is 10.0. The van der Waals surface area contributed by atoms with Gasteiger partial charge in [0.25, 0.3) is 0 Å². The van der Waals surface area contributed by atoms with Crippen LogP contribution in [0.25, 0.3) is 101 Å². The molecule has 0 aliphatic heterocycles. The highest BCUT2D eigenvalue weighted by molar-refractivity contribution is 7.27. The number of furan rings is 1. The highest BCUT2D eigenvalue weighted by Crippen LogP contribution is 2.46. The highest BCUT2D eigenvalue weighted by atomic mass is 32.1. The van der Waals surface area contributed by atoms with Crippen LogP contribution in [0.3, 0.4) is 0 Å². The summed E-state index contributed by atoms with van der Waals surface area (Å²) in [5.41, 5.74) is 7.77. The van der Waals surface area contributed by atoms with Crippen molar-refractivity contribution in [1.82, 2.24) is 4.57 Å². The molecule has 46 heavy (non-hydrogen) atoms. The molecule has 2 nitrogen and oxygen atoms in total. The monoisotopic (exact) mass is 621 g/mol. The molecule has 4 heterocycles. The van der Waals surface area contributed by atoms with Gasteiger partial charge in [-0.15, -0.1) is 22.7 Å². The van der Waals surface area contributed by atoms with Gasteiger partial charge in [-0.3, -0.25) is 0 Å². The SMILES string of the molecule is c1ccc2c(c1)sc1c2ccc2c1c1ccccc1n2-c1ccc2oc3c(-c4cccc5sc6ccccc6c45)cccc3c2c1. The van der Waals surface area contributed by atoms with Crippen LogP contribution in [-0.2, 0) is 0 Å². The molecule has 0 fully saturated rings. The number of rotatable bonds is 2. The first-order valence-corrected chi connectivity index (χ1v) is 17.1. The van der Waals surface area contributed by atoms with Gasteiger partial charge in [0.1, 0.15) is 11.2 Å². The fraction of sp³-hybridized carbons (Fsp3) is 0. The summed E-state index contributed by atoms with van der Waals surface area (Å²) < 4.78 is 14.4. The van der Waals surface area contributed by atoms with E-state index in [1.54, 1.807) is 0 Å². The Morgan fingerprint density at radius 2 is 1.15 bits per heavy atom. The second-order valence-corrected chi connectivity index (χ2v) is 14.2. The first-order chi connectivity index (χ1) is 22.8. The summed E-state index contributed by atoms with van der Waals surface area (Å²) in [5, 5.41) is 10.1. The van der Waals surface area contributed by atoms with Crippen LogP contribution in [0.2, 0.25) is 0 Å². The molecule has 0 aliphatic rings. The minimum Gasteiger partial charge on any atom is -0.455 e. The Balaban J connectivity index is 1.18. The maximum absolute atomic E-state index is 6.71. The zero-order valence-corrected chi connectivity index (χ0v) is 26.1. The third kappa shape index (κ3) is 3.24. The molecule has 0 amide bonds. The summed E-state index contributed by atoms with van der Waals surface area (Å²) in [4.78, 5) is 0. The van der Waals surface area contributed by atoms with Crippen LogP contribution >= 0.6 is 22.7 Å². The lowest BCUT2D eigenvalue weighted by Gasteiger charge is -2.08. The van der Waals surface area contributed by atoms with Crippen LogP contribution in [0, 0.1) is 0 Å². The third-order valence-electron chi connectivity index (χ3n) is 9.61. The van der Waals surface area contributed by atoms with Gasteiger partial charge in [-0.1, -0.05) is 91.0 Å². The Bertz CT molecular complexity index is 3040. The van der Waals surface area contributed by atoms with Crippen molar-refractivity contribution in [1.29, 1.82) is 0 Å². The van der Waals surface area contributed by atoms with Crippen LogP contribution in [0.15, 0.2) is 144 Å². The molecule has 4 aromatic heterocycles. The maximum Gasteiger partial charge on any atom is 0.143 e. The topological polar surface area (TPSA) is 18.1 Å². The molecule has 0 saturated carbocycles. The van der Waals surface area contributed by atoms with Gasteiger partial charge in [-0.2, -0.15) is 0 Å². The maximum atomic E-state index is 6.71. The van der Waals surface area contributed by atoms with Gasteiger partial charge in [-0.25, -0.2) is 0 Å². The molecule has 11 rings (SSSR count). The Morgan fingerprint density at radius 1 is 0.435 bits per heavy atom. The predicted octanol–water partition coefficient (Wildman–Crippen LogP) is 13.1. The molecule has 4 heteroatoms. The predicted molar refractivity (Wildman–Crippen MR) is 199 cm³/mol. The van der Waals surface area contributed by atoms with E-state index in [1.807, 2.05) is 22.7 Å². The minimum atomic E-state index is 0.904. The molecule has 0 radical (unpaired) electrons. The smallest absolute Gasteiger partial charge is 0.143 e. The standard InChI is InChI=1S/C42H23NOS2/c1-4-15-33-30(10-1)40-34(21-20-29-25-9-2-5-16-36(25)46-42(29)40)43(33)24-19-22-35-32(23-24)28-14-7-13-27(41(28)44-35)26-12-8-18-38-39(26)31-11-3-6-17-37(31)45-38/h1-23H. The molecule has 11 aromatic rings. The summed E-state index contributed by atoms with van der Waals surface area (Å²) >= 11 is 3.75. The number of hydrogen-bond acceptors (Lipinski definition) is 3. The molecule has 0 aliphatic carbocycles. The normalized spacial score (nSPS) is 12.3. The number of thiophene rings is 2. The van der Waals surface area contributed by atoms with Crippen molar-refractivity contribution >= 4 is 107 Å². The Labute approximate surface area is 270 Å². The number of aromatic nitrogens is 1. The van der Waals surface area contributed by atoms with Crippen LogP contribution in [0.5, 0.6) is 0 Å². The molecule has 0 unspecified atom stereocenters. The van der Waals surface area contributed by atoms with E-state index in [2.05, 4.69) is 144 Å². The van der Waals surface area contributed by atoms with Crippen LogP contribution in [0.4, 0.5) is 0 Å². The lowest BCUT2D eigenvalue weighted by molar-refractivity contribution is 0.670. The van der Waals surface area contributed by atoms with E-state index >= 15 is 0 Å². The van der Waals surface area contributed by atoms with Gasteiger partial charge in [0, 0.05) is 73.1 Å². The van der Waals surface area contributed by atoms with Crippen molar-refractivity contribution in [2.75, 3.05) is 0 Å².